The quantitative estimate of drug-likeness (QED) is 0.177. The molecule has 238 valence electrons. The standard InChI is InChI=1S/C48H30N2S/c1-2-13-31(14-3-1)32-15-12-16-33(27-32)34-28-45(48-39-20-7-11-24-46(39)51-47(48)29-34)50-43-23-10-6-19-38(43)40-30-35(25-26-44(40)50)49-41-21-8-4-17-36(41)37-18-5-9-22-42(37)49/h1-30H. The zero-order chi connectivity index (χ0) is 33.5. The van der Waals surface area contributed by atoms with E-state index in [1.807, 2.05) is 11.3 Å². The van der Waals surface area contributed by atoms with E-state index in [-0.39, 0.29) is 0 Å². The molecule has 3 aromatic heterocycles. The lowest BCUT2D eigenvalue weighted by Gasteiger charge is -2.14. The Morgan fingerprint density at radius 2 is 0.863 bits per heavy atom. The average molecular weight is 667 g/mol. The van der Waals surface area contributed by atoms with Gasteiger partial charge in [0.2, 0.25) is 0 Å². The van der Waals surface area contributed by atoms with Crippen LogP contribution in [0.2, 0.25) is 0 Å². The van der Waals surface area contributed by atoms with Crippen LogP contribution in [-0.4, -0.2) is 9.13 Å². The summed E-state index contributed by atoms with van der Waals surface area (Å²) in [5.41, 5.74) is 12.1. The molecular formula is C48H30N2S. The van der Waals surface area contributed by atoms with E-state index in [1.165, 1.54) is 97.4 Å². The molecule has 0 saturated heterocycles. The normalized spacial score (nSPS) is 11.9. The summed E-state index contributed by atoms with van der Waals surface area (Å²) in [5.74, 6) is 0. The first-order valence-electron chi connectivity index (χ1n) is 17.4. The number of rotatable bonds is 4. The monoisotopic (exact) mass is 666 g/mol. The van der Waals surface area contributed by atoms with Crippen LogP contribution >= 0.6 is 11.3 Å². The Kier molecular flexibility index (Phi) is 6.16. The third kappa shape index (κ3) is 4.29. The van der Waals surface area contributed by atoms with Crippen LogP contribution in [0.1, 0.15) is 0 Å². The van der Waals surface area contributed by atoms with Crippen molar-refractivity contribution >= 4 is 75.1 Å². The minimum absolute atomic E-state index is 1.17. The fourth-order valence-electron chi connectivity index (χ4n) is 8.24. The summed E-state index contributed by atoms with van der Waals surface area (Å²) in [4.78, 5) is 0. The van der Waals surface area contributed by atoms with Gasteiger partial charge in [-0.15, -0.1) is 11.3 Å². The molecule has 11 rings (SSSR count). The van der Waals surface area contributed by atoms with Gasteiger partial charge in [-0.3, -0.25) is 0 Å². The van der Waals surface area contributed by atoms with Gasteiger partial charge in [0.1, 0.15) is 0 Å². The van der Waals surface area contributed by atoms with Crippen LogP contribution in [0.3, 0.4) is 0 Å². The third-order valence-corrected chi connectivity index (χ3v) is 11.6. The summed E-state index contributed by atoms with van der Waals surface area (Å²) in [6, 6.07) is 66.7. The predicted molar refractivity (Wildman–Crippen MR) is 219 cm³/mol. The summed E-state index contributed by atoms with van der Waals surface area (Å²) in [7, 11) is 0. The van der Waals surface area contributed by atoms with E-state index < -0.39 is 0 Å². The van der Waals surface area contributed by atoms with E-state index in [0.717, 1.165) is 0 Å². The Morgan fingerprint density at radius 3 is 1.59 bits per heavy atom. The van der Waals surface area contributed by atoms with E-state index in [0.29, 0.717) is 0 Å². The summed E-state index contributed by atoms with van der Waals surface area (Å²) < 4.78 is 7.52. The summed E-state index contributed by atoms with van der Waals surface area (Å²) in [6.45, 7) is 0. The number of hydrogen-bond donors (Lipinski definition) is 0. The molecule has 0 N–H and O–H groups in total. The Labute approximate surface area is 298 Å². The number of benzene rings is 8. The average Bonchev–Trinajstić information content (AvgIpc) is 3.85. The van der Waals surface area contributed by atoms with Crippen molar-refractivity contribution < 1.29 is 0 Å². The Morgan fingerprint density at radius 1 is 0.314 bits per heavy atom. The van der Waals surface area contributed by atoms with Crippen molar-refractivity contribution in [2.75, 3.05) is 0 Å². The molecule has 3 heterocycles. The zero-order valence-electron chi connectivity index (χ0n) is 27.6. The third-order valence-electron chi connectivity index (χ3n) is 10.5. The van der Waals surface area contributed by atoms with Crippen LogP contribution in [0.5, 0.6) is 0 Å². The van der Waals surface area contributed by atoms with E-state index in [9.17, 15) is 0 Å². The molecule has 0 bridgehead atoms. The van der Waals surface area contributed by atoms with Crippen molar-refractivity contribution in [1.29, 1.82) is 0 Å². The topological polar surface area (TPSA) is 9.86 Å². The Hall–Kier alpha value is -6.42. The van der Waals surface area contributed by atoms with Gasteiger partial charge in [0.05, 0.1) is 27.8 Å². The van der Waals surface area contributed by atoms with Crippen molar-refractivity contribution in [1.82, 2.24) is 9.13 Å². The fraction of sp³-hybridized carbons (Fsp3) is 0. The van der Waals surface area contributed by atoms with Crippen molar-refractivity contribution in [3.8, 4) is 33.6 Å². The highest BCUT2D eigenvalue weighted by atomic mass is 32.1. The van der Waals surface area contributed by atoms with Crippen molar-refractivity contribution in [3.63, 3.8) is 0 Å². The molecule has 0 unspecified atom stereocenters. The summed E-state index contributed by atoms with van der Waals surface area (Å²) in [5, 5.41) is 7.64. The summed E-state index contributed by atoms with van der Waals surface area (Å²) in [6.07, 6.45) is 0. The van der Waals surface area contributed by atoms with Crippen LogP contribution < -0.4 is 0 Å². The van der Waals surface area contributed by atoms with Gasteiger partial charge in [-0.05, 0) is 82.9 Å². The minimum atomic E-state index is 1.17. The number of para-hydroxylation sites is 3. The molecule has 3 heteroatoms. The maximum Gasteiger partial charge on any atom is 0.0561 e. The van der Waals surface area contributed by atoms with Crippen molar-refractivity contribution in [2.24, 2.45) is 0 Å². The molecule has 0 saturated carbocycles. The number of hydrogen-bond acceptors (Lipinski definition) is 1. The van der Waals surface area contributed by atoms with Crippen LogP contribution in [0.25, 0.3) is 97.4 Å². The van der Waals surface area contributed by atoms with E-state index in [4.69, 9.17) is 0 Å². The first-order chi connectivity index (χ1) is 25.3. The highest BCUT2D eigenvalue weighted by Gasteiger charge is 2.20. The van der Waals surface area contributed by atoms with Gasteiger partial charge >= 0.3 is 0 Å². The second kappa shape index (κ2) is 11.0. The maximum atomic E-state index is 2.51. The molecule has 0 aliphatic carbocycles. The van der Waals surface area contributed by atoms with Gasteiger partial charge in [0.15, 0.2) is 0 Å². The van der Waals surface area contributed by atoms with Gasteiger partial charge in [0.25, 0.3) is 0 Å². The Bertz CT molecular complexity index is 3090. The van der Waals surface area contributed by atoms with Gasteiger partial charge in [-0.2, -0.15) is 0 Å². The molecule has 0 fully saturated rings. The second-order valence-corrected chi connectivity index (χ2v) is 14.4. The van der Waals surface area contributed by atoms with Gasteiger partial charge in [0, 0.05) is 47.4 Å². The first-order valence-corrected chi connectivity index (χ1v) is 18.3. The SMILES string of the molecule is c1ccc(-c2cccc(-c3cc(-n4c5ccccc5c5cc(-n6c7ccccc7c7ccccc76)ccc54)c4c(c3)sc3ccccc34)c2)cc1. The molecule has 2 nitrogen and oxygen atoms in total. The smallest absolute Gasteiger partial charge is 0.0561 e. The second-order valence-electron chi connectivity index (χ2n) is 13.3. The van der Waals surface area contributed by atoms with Crippen LogP contribution in [0.4, 0.5) is 0 Å². The van der Waals surface area contributed by atoms with Crippen LogP contribution in [0, 0.1) is 0 Å². The fourth-order valence-corrected chi connectivity index (χ4v) is 9.41. The van der Waals surface area contributed by atoms with Gasteiger partial charge in [-0.25, -0.2) is 0 Å². The van der Waals surface area contributed by atoms with Gasteiger partial charge in [-0.1, -0.05) is 121 Å². The molecule has 0 amide bonds. The molecule has 0 spiro atoms. The number of thiophene rings is 1. The van der Waals surface area contributed by atoms with E-state index in [2.05, 4.69) is 191 Å². The lowest BCUT2D eigenvalue weighted by molar-refractivity contribution is 1.17. The lowest BCUT2D eigenvalue weighted by atomic mass is 9.97. The molecular weight excluding hydrogens is 637 g/mol. The highest BCUT2D eigenvalue weighted by molar-refractivity contribution is 7.26. The molecule has 8 aromatic carbocycles. The molecule has 11 aromatic rings. The summed E-state index contributed by atoms with van der Waals surface area (Å²) >= 11 is 1.88. The molecule has 0 aliphatic rings. The number of fused-ring (bicyclic) bond motifs is 9. The Balaban J connectivity index is 1.20. The lowest BCUT2D eigenvalue weighted by Crippen LogP contribution is -1.97. The first kappa shape index (κ1) is 28.4. The largest absolute Gasteiger partial charge is 0.309 e. The maximum absolute atomic E-state index is 2.51. The predicted octanol–water partition coefficient (Wildman–Crippen LogP) is 13.6. The van der Waals surface area contributed by atoms with Crippen LogP contribution in [-0.2, 0) is 0 Å². The van der Waals surface area contributed by atoms with E-state index in [1.54, 1.807) is 0 Å². The van der Waals surface area contributed by atoms with Gasteiger partial charge < -0.3 is 9.13 Å². The molecule has 0 atom stereocenters. The number of aromatic nitrogens is 2. The molecule has 0 aliphatic heterocycles. The minimum Gasteiger partial charge on any atom is -0.309 e. The zero-order valence-corrected chi connectivity index (χ0v) is 28.4. The molecule has 51 heavy (non-hydrogen) atoms. The number of nitrogens with zero attached hydrogens (tertiary/aromatic N) is 2. The van der Waals surface area contributed by atoms with Crippen molar-refractivity contribution in [2.45, 2.75) is 0 Å². The highest BCUT2D eigenvalue weighted by Crippen LogP contribution is 2.44. The molecule has 0 radical (unpaired) electrons. The van der Waals surface area contributed by atoms with Crippen molar-refractivity contribution in [3.05, 3.63) is 182 Å². The van der Waals surface area contributed by atoms with E-state index >= 15 is 0 Å². The van der Waals surface area contributed by atoms with Crippen LogP contribution in [0.15, 0.2) is 182 Å².